The molecule has 0 bridgehead atoms. The number of rotatable bonds is 4. The van der Waals surface area contributed by atoms with E-state index >= 15 is 0 Å². The number of pyridine rings is 1. The molecule has 5 heterocycles. The molecule has 1 saturated heterocycles. The van der Waals surface area contributed by atoms with E-state index in [2.05, 4.69) is 27.6 Å². The first-order valence-electron chi connectivity index (χ1n) is 9.38. The molecule has 5 rings (SSSR count). The molecule has 0 unspecified atom stereocenters. The number of fused-ring (bicyclic) bond motifs is 1. The van der Waals surface area contributed by atoms with Gasteiger partial charge in [-0.25, -0.2) is 9.97 Å². The molecule has 142 valence electrons. The van der Waals surface area contributed by atoms with Crippen LogP contribution in [-0.4, -0.2) is 43.9 Å². The van der Waals surface area contributed by atoms with Gasteiger partial charge in [0.05, 0.1) is 20.8 Å². The van der Waals surface area contributed by atoms with Gasteiger partial charge < -0.3 is 10.6 Å². The Balaban J connectivity index is 1.71. The van der Waals surface area contributed by atoms with Gasteiger partial charge in [-0.2, -0.15) is 5.10 Å². The molecule has 7 nitrogen and oxygen atoms in total. The zero-order chi connectivity index (χ0) is 19.1. The predicted molar refractivity (Wildman–Crippen MR) is 112 cm³/mol. The Bertz CT molecular complexity index is 1130. The molecule has 0 saturated carbocycles. The monoisotopic (exact) mass is 391 g/mol. The molecule has 28 heavy (non-hydrogen) atoms. The van der Waals surface area contributed by atoms with Gasteiger partial charge in [-0.05, 0) is 43.7 Å². The van der Waals surface area contributed by atoms with Crippen molar-refractivity contribution in [1.82, 2.24) is 30.0 Å². The molecule has 8 heteroatoms. The molecule has 1 aliphatic rings. The van der Waals surface area contributed by atoms with E-state index in [1.54, 1.807) is 23.7 Å². The Kier molecular flexibility index (Phi) is 4.29. The fourth-order valence-corrected chi connectivity index (χ4v) is 4.88. The van der Waals surface area contributed by atoms with Gasteiger partial charge in [0.25, 0.3) is 0 Å². The third-order valence-corrected chi connectivity index (χ3v) is 6.47. The summed E-state index contributed by atoms with van der Waals surface area (Å²) in [6, 6.07) is 6.33. The van der Waals surface area contributed by atoms with Crippen LogP contribution in [0.2, 0.25) is 0 Å². The molecule has 0 aliphatic carbocycles. The Morgan fingerprint density at radius 1 is 1.18 bits per heavy atom. The van der Waals surface area contributed by atoms with E-state index < -0.39 is 0 Å². The first kappa shape index (κ1) is 17.3. The van der Waals surface area contributed by atoms with Crippen LogP contribution in [0.5, 0.6) is 0 Å². The van der Waals surface area contributed by atoms with Crippen molar-refractivity contribution in [2.24, 2.45) is 7.05 Å². The molecule has 0 spiro atoms. The topological polar surface area (TPSA) is 80.5 Å². The largest absolute Gasteiger partial charge is 0.365 e. The van der Waals surface area contributed by atoms with Crippen molar-refractivity contribution < 1.29 is 0 Å². The lowest BCUT2D eigenvalue weighted by atomic mass is 10.2. The Morgan fingerprint density at radius 3 is 2.75 bits per heavy atom. The average molecular weight is 392 g/mol. The van der Waals surface area contributed by atoms with E-state index in [0.29, 0.717) is 6.04 Å². The third kappa shape index (κ3) is 2.94. The fraction of sp³-hybridized carbons (Fsp3) is 0.300. The quantitative estimate of drug-likeness (QED) is 0.556. The lowest BCUT2D eigenvalue weighted by Gasteiger charge is -2.14. The summed E-state index contributed by atoms with van der Waals surface area (Å²) in [5.41, 5.74) is 4.22. The van der Waals surface area contributed by atoms with Gasteiger partial charge in [0.2, 0.25) is 0 Å². The van der Waals surface area contributed by atoms with Crippen molar-refractivity contribution in [3.63, 3.8) is 0 Å². The minimum absolute atomic E-state index is 0.381. The number of aryl methyl sites for hydroxylation is 2. The number of aromatic nitrogens is 5. The lowest BCUT2D eigenvalue weighted by molar-refractivity contribution is 0.777. The molecule has 0 aromatic carbocycles. The smallest absolute Gasteiger partial charge is 0.162 e. The van der Waals surface area contributed by atoms with Gasteiger partial charge in [-0.15, -0.1) is 11.3 Å². The van der Waals surface area contributed by atoms with Crippen LogP contribution in [0.4, 0.5) is 5.82 Å². The summed E-state index contributed by atoms with van der Waals surface area (Å²) in [5, 5.41) is 11.4. The van der Waals surface area contributed by atoms with E-state index in [9.17, 15) is 0 Å². The zero-order valence-electron chi connectivity index (χ0n) is 15.8. The highest BCUT2D eigenvalue weighted by atomic mass is 32.1. The summed E-state index contributed by atoms with van der Waals surface area (Å²) >= 11 is 1.73. The number of anilines is 1. The first-order chi connectivity index (χ1) is 13.7. The Hall–Kier alpha value is -2.84. The van der Waals surface area contributed by atoms with Crippen LogP contribution in [0, 0.1) is 6.92 Å². The van der Waals surface area contributed by atoms with Crippen LogP contribution < -0.4 is 10.6 Å². The molecule has 0 radical (unpaired) electrons. The molecule has 1 aliphatic heterocycles. The van der Waals surface area contributed by atoms with E-state index in [1.807, 2.05) is 36.1 Å². The highest BCUT2D eigenvalue weighted by Gasteiger charge is 2.22. The first-order valence-corrected chi connectivity index (χ1v) is 10.2. The van der Waals surface area contributed by atoms with Gasteiger partial charge in [0, 0.05) is 43.8 Å². The summed E-state index contributed by atoms with van der Waals surface area (Å²) in [4.78, 5) is 15.1. The fourth-order valence-electron chi connectivity index (χ4n) is 3.63. The summed E-state index contributed by atoms with van der Waals surface area (Å²) in [6.45, 7) is 4.12. The van der Waals surface area contributed by atoms with Crippen molar-refractivity contribution in [3.05, 3.63) is 42.4 Å². The average Bonchev–Trinajstić information content (AvgIpc) is 3.44. The van der Waals surface area contributed by atoms with Crippen LogP contribution >= 0.6 is 11.3 Å². The molecule has 0 amide bonds. The maximum atomic E-state index is 4.93. The van der Waals surface area contributed by atoms with E-state index in [1.165, 1.54) is 4.88 Å². The number of hydrogen-bond acceptors (Lipinski definition) is 7. The molecular formula is C20H21N7S. The number of thiophene rings is 1. The zero-order valence-corrected chi connectivity index (χ0v) is 16.6. The number of nitrogens with zero attached hydrogens (tertiary/aromatic N) is 5. The van der Waals surface area contributed by atoms with Crippen molar-refractivity contribution in [2.45, 2.75) is 19.4 Å². The Labute approximate surface area is 166 Å². The normalized spacial score (nSPS) is 16.7. The van der Waals surface area contributed by atoms with Crippen LogP contribution in [0.1, 0.15) is 12.0 Å². The molecule has 4 aromatic heterocycles. The summed E-state index contributed by atoms with van der Waals surface area (Å²) in [7, 11) is 1.97. The van der Waals surface area contributed by atoms with Crippen molar-refractivity contribution >= 4 is 27.4 Å². The van der Waals surface area contributed by atoms with Crippen molar-refractivity contribution in [1.29, 1.82) is 0 Å². The van der Waals surface area contributed by atoms with E-state index in [-0.39, 0.29) is 0 Å². The lowest BCUT2D eigenvalue weighted by Crippen LogP contribution is -2.22. The van der Waals surface area contributed by atoms with Gasteiger partial charge in [-0.3, -0.25) is 9.67 Å². The summed E-state index contributed by atoms with van der Waals surface area (Å²) in [5.74, 6) is 1.63. The molecular weight excluding hydrogens is 370 g/mol. The minimum atomic E-state index is 0.381. The van der Waals surface area contributed by atoms with E-state index in [4.69, 9.17) is 9.97 Å². The predicted octanol–water partition coefficient (Wildman–Crippen LogP) is 3.24. The minimum Gasteiger partial charge on any atom is -0.365 e. The van der Waals surface area contributed by atoms with Crippen molar-refractivity contribution in [2.75, 3.05) is 18.4 Å². The highest BCUT2D eigenvalue weighted by molar-refractivity contribution is 7.23. The van der Waals surface area contributed by atoms with Gasteiger partial charge in [0.15, 0.2) is 5.82 Å². The number of hydrogen-bond donors (Lipinski definition) is 2. The maximum absolute atomic E-state index is 4.93. The SMILES string of the molecule is Cc1c(-c2ccnn2C)sc2c(N[C@@H]3CCNC3)nc(-c3ccncc3)nc12. The van der Waals surface area contributed by atoms with Crippen LogP contribution in [0.15, 0.2) is 36.8 Å². The summed E-state index contributed by atoms with van der Waals surface area (Å²) in [6.07, 6.45) is 6.47. The van der Waals surface area contributed by atoms with E-state index in [0.717, 1.165) is 58.2 Å². The van der Waals surface area contributed by atoms with Gasteiger partial charge in [-0.1, -0.05) is 0 Å². The molecule has 2 N–H and O–H groups in total. The Morgan fingerprint density at radius 2 is 2.04 bits per heavy atom. The van der Waals surface area contributed by atoms with Crippen molar-refractivity contribution in [3.8, 4) is 22.0 Å². The molecule has 1 atom stereocenters. The second kappa shape index (κ2) is 6.96. The summed E-state index contributed by atoms with van der Waals surface area (Å²) < 4.78 is 3.00. The van der Waals surface area contributed by atoms with Crippen LogP contribution in [0.3, 0.4) is 0 Å². The van der Waals surface area contributed by atoms with Gasteiger partial charge >= 0.3 is 0 Å². The number of nitrogens with one attached hydrogen (secondary N) is 2. The third-order valence-electron chi connectivity index (χ3n) is 5.16. The maximum Gasteiger partial charge on any atom is 0.162 e. The second-order valence-corrected chi connectivity index (χ2v) is 8.06. The van der Waals surface area contributed by atoms with Crippen LogP contribution in [0.25, 0.3) is 32.2 Å². The van der Waals surface area contributed by atoms with Gasteiger partial charge in [0.1, 0.15) is 5.82 Å². The van der Waals surface area contributed by atoms with Crippen LogP contribution in [-0.2, 0) is 7.05 Å². The standard InChI is InChI=1S/C20H21N7S/c1-12-16-18(28-17(12)15-6-10-23-27(15)2)20(24-14-5-9-22-11-14)26-19(25-16)13-3-7-21-8-4-13/h3-4,6-8,10,14,22H,5,9,11H2,1-2H3,(H,24,25,26)/t14-/m1/s1. The molecule has 4 aromatic rings. The second-order valence-electron chi connectivity index (χ2n) is 7.04. The highest BCUT2D eigenvalue weighted by Crippen LogP contribution is 2.41. The molecule has 1 fully saturated rings.